The van der Waals surface area contributed by atoms with Crippen molar-refractivity contribution in [3.8, 4) is 0 Å². The van der Waals surface area contributed by atoms with Gasteiger partial charge in [0.25, 0.3) is 0 Å². The van der Waals surface area contributed by atoms with Crippen molar-refractivity contribution < 1.29 is 14.7 Å². The monoisotopic (exact) mass is 245 g/mol. The first kappa shape index (κ1) is 15.7. The molecule has 0 heterocycles. The lowest BCUT2D eigenvalue weighted by atomic mass is 10.2. The quantitative estimate of drug-likeness (QED) is 0.683. The molecule has 1 atom stereocenters. The number of carbonyl (C=O) groups excluding carboxylic acids is 1. The summed E-state index contributed by atoms with van der Waals surface area (Å²) in [7, 11) is 5.50. The maximum Gasteiger partial charge on any atom is 0.326 e. The number of hydrogen-bond donors (Lipinski definition) is 2. The lowest BCUT2D eigenvalue weighted by Crippen LogP contribution is -2.47. The van der Waals surface area contributed by atoms with Crippen LogP contribution >= 0.6 is 0 Å². The molecule has 0 bridgehead atoms. The Morgan fingerprint density at radius 1 is 1.24 bits per heavy atom. The Morgan fingerprint density at radius 2 is 1.82 bits per heavy atom. The Morgan fingerprint density at radius 3 is 2.24 bits per heavy atom. The predicted octanol–water partition coefficient (Wildman–Crippen LogP) is 0.443. The number of carboxylic acids is 1. The first-order valence-electron chi connectivity index (χ1n) is 5.77. The van der Waals surface area contributed by atoms with Crippen molar-refractivity contribution in [2.45, 2.75) is 25.8 Å². The number of nitrogens with one attached hydrogen (secondary N) is 1. The average molecular weight is 245 g/mol. The molecule has 0 aliphatic rings. The summed E-state index contributed by atoms with van der Waals surface area (Å²) < 4.78 is 0. The zero-order valence-corrected chi connectivity index (χ0v) is 11.1. The van der Waals surface area contributed by atoms with E-state index in [1.165, 1.54) is 4.90 Å². The summed E-state index contributed by atoms with van der Waals surface area (Å²) in [6.45, 7) is 3.20. The highest BCUT2D eigenvalue weighted by Crippen LogP contribution is 1.98. The van der Waals surface area contributed by atoms with Crippen LogP contribution in [-0.4, -0.2) is 67.2 Å². The van der Waals surface area contributed by atoms with E-state index >= 15 is 0 Å². The number of carboxylic acid groups (broad SMARTS) is 1. The molecule has 0 saturated heterocycles. The number of likely N-dealkylation sites (N-methyl/N-ethyl adjacent to an activating group) is 2. The van der Waals surface area contributed by atoms with Crippen molar-refractivity contribution in [2.75, 3.05) is 34.2 Å². The predicted molar refractivity (Wildman–Crippen MR) is 66.0 cm³/mol. The zero-order valence-electron chi connectivity index (χ0n) is 11.1. The van der Waals surface area contributed by atoms with Crippen LogP contribution in [0.2, 0.25) is 0 Å². The van der Waals surface area contributed by atoms with Gasteiger partial charge in [-0.15, -0.1) is 0 Å². The summed E-state index contributed by atoms with van der Waals surface area (Å²) in [5.74, 6) is -0.985. The van der Waals surface area contributed by atoms with E-state index in [2.05, 4.69) is 5.32 Å². The van der Waals surface area contributed by atoms with Crippen molar-refractivity contribution in [1.29, 1.82) is 0 Å². The number of carbonyl (C=O) groups is 2. The normalized spacial score (nSPS) is 12.3. The molecular formula is C11H23N3O3. The average Bonchev–Trinajstić information content (AvgIpc) is 2.24. The van der Waals surface area contributed by atoms with Gasteiger partial charge in [0.2, 0.25) is 0 Å². The number of amides is 2. The molecule has 0 aromatic carbocycles. The van der Waals surface area contributed by atoms with Gasteiger partial charge in [0.05, 0.1) is 0 Å². The molecule has 0 aliphatic heterocycles. The second-order valence-corrected chi connectivity index (χ2v) is 4.35. The van der Waals surface area contributed by atoms with Gasteiger partial charge in [-0.1, -0.05) is 13.3 Å². The molecule has 6 nitrogen and oxygen atoms in total. The highest BCUT2D eigenvalue weighted by molar-refractivity contribution is 5.82. The maximum absolute atomic E-state index is 11.7. The molecule has 0 rings (SSSR count). The molecule has 2 amide bonds. The number of urea groups is 1. The molecule has 2 N–H and O–H groups in total. The van der Waals surface area contributed by atoms with Gasteiger partial charge in [0, 0.05) is 20.1 Å². The van der Waals surface area contributed by atoms with Crippen LogP contribution in [0.1, 0.15) is 19.8 Å². The van der Waals surface area contributed by atoms with Gasteiger partial charge >= 0.3 is 12.0 Å². The van der Waals surface area contributed by atoms with Gasteiger partial charge in [-0.25, -0.2) is 9.59 Å². The van der Waals surface area contributed by atoms with Crippen molar-refractivity contribution in [2.24, 2.45) is 0 Å². The number of hydrogen-bond acceptors (Lipinski definition) is 3. The van der Waals surface area contributed by atoms with E-state index in [-0.39, 0.29) is 6.03 Å². The smallest absolute Gasteiger partial charge is 0.326 e. The van der Waals surface area contributed by atoms with Crippen molar-refractivity contribution in [3.05, 3.63) is 0 Å². The van der Waals surface area contributed by atoms with Gasteiger partial charge in [-0.3, -0.25) is 0 Å². The van der Waals surface area contributed by atoms with E-state index < -0.39 is 12.0 Å². The third-order valence-corrected chi connectivity index (χ3v) is 2.40. The summed E-state index contributed by atoms with van der Waals surface area (Å²) in [6.07, 6.45) is 1.17. The highest BCUT2D eigenvalue weighted by Gasteiger charge is 2.20. The van der Waals surface area contributed by atoms with E-state index in [4.69, 9.17) is 5.11 Å². The fourth-order valence-electron chi connectivity index (χ4n) is 1.26. The van der Waals surface area contributed by atoms with E-state index in [1.807, 2.05) is 25.9 Å². The van der Waals surface area contributed by atoms with Crippen molar-refractivity contribution in [1.82, 2.24) is 15.1 Å². The summed E-state index contributed by atoms with van der Waals surface area (Å²) in [6, 6.07) is -1.14. The Kier molecular flexibility index (Phi) is 7.29. The minimum Gasteiger partial charge on any atom is -0.480 e. The molecule has 100 valence electrons. The van der Waals surface area contributed by atoms with Crippen molar-refractivity contribution >= 4 is 12.0 Å². The molecule has 0 aromatic heterocycles. The minimum absolute atomic E-state index is 0.340. The molecule has 0 aliphatic carbocycles. The Hall–Kier alpha value is -1.30. The van der Waals surface area contributed by atoms with Crippen LogP contribution < -0.4 is 5.32 Å². The molecule has 0 saturated carbocycles. The highest BCUT2D eigenvalue weighted by atomic mass is 16.4. The number of aliphatic carboxylic acids is 1. The molecule has 0 fully saturated rings. The summed E-state index contributed by atoms with van der Waals surface area (Å²) >= 11 is 0. The molecule has 0 radical (unpaired) electrons. The molecule has 17 heavy (non-hydrogen) atoms. The lowest BCUT2D eigenvalue weighted by Gasteiger charge is -2.22. The molecule has 0 aromatic rings. The Balaban J connectivity index is 4.15. The van der Waals surface area contributed by atoms with E-state index in [0.29, 0.717) is 13.0 Å². The van der Waals surface area contributed by atoms with E-state index in [1.54, 1.807) is 7.05 Å². The SMILES string of the molecule is CCC[C@H](NC(=O)N(C)CCN(C)C)C(=O)O. The van der Waals surface area contributed by atoms with Gasteiger partial charge in [-0.05, 0) is 20.5 Å². The molecular weight excluding hydrogens is 222 g/mol. The Labute approximate surface area is 103 Å². The van der Waals surface area contributed by atoms with Gasteiger partial charge in [0.1, 0.15) is 6.04 Å². The molecule has 0 spiro atoms. The number of nitrogens with zero attached hydrogens (tertiary/aromatic N) is 2. The van der Waals surface area contributed by atoms with Gasteiger partial charge in [0.15, 0.2) is 0 Å². The van der Waals surface area contributed by atoms with Crippen LogP contribution in [0.5, 0.6) is 0 Å². The number of rotatable bonds is 7. The Bertz CT molecular complexity index is 256. The fraction of sp³-hybridized carbons (Fsp3) is 0.818. The first-order chi connectivity index (χ1) is 7.88. The van der Waals surface area contributed by atoms with E-state index in [9.17, 15) is 9.59 Å². The zero-order chi connectivity index (χ0) is 13.4. The first-order valence-corrected chi connectivity index (χ1v) is 5.77. The standard InChI is InChI=1S/C11H23N3O3/c1-5-6-9(10(15)16)12-11(17)14(4)8-7-13(2)3/h9H,5-8H2,1-4H3,(H,12,17)(H,15,16)/t9-/m0/s1. The second-order valence-electron chi connectivity index (χ2n) is 4.35. The van der Waals surface area contributed by atoms with Crippen LogP contribution in [0.3, 0.4) is 0 Å². The summed E-state index contributed by atoms with van der Waals surface area (Å²) in [4.78, 5) is 26.0. The summed E-state index contributed by atoms with van der Waals surface area (Å²) in [5, 5.41) is 11.4. The molecule has 6 heteroatoms. The fourth-order valence-corrected chi connectivity index (χ4v) is 1.26. The van der Waals surface area contributed by atoms with Gasteiger partial charge in [-0.2, -0.15) is 0 Å². The van der Waals surface area contributed by atoms with Crippen LogP contribution in [0.15, 0.2) is 0 Å². The van der Waals surface area contributed by atoms with Gasteiger partial charge < -0.3 is 20.2 Å². The van der Waals surface area contributed by atoms with Crippen LogP contribution in [0, 0.1) is 0 Å². The second kappa shape index (κ2) is 7.89. The van der Waals surface area contributed by atoms with Crippen molar-refractivity contribution in [3.63, 3.8) is 0 Å². The third-order valence-electron chi connectivity index (χ3n) is 2.40. The minimum atomic E-state index is -0.985. The van der Waals surface area contributed by atoms with E-state index in [0.717, 1.165) is 13.0 Å². The topological polar surface area (TPSA) is 72.9 Å². The molecule has 0 unspecified atom stereocenters. The van der Waals surface area contributed by atoms with Crippen LogP contribution in [0.4, 0.5) is 4.79 Å². The largest absolute Gasteiger partial charge is 0.480 e. The van der Waals surface area contributed by atoms with Crippen LogP contribution in [0.25, 0.3) is 0 Å². The van der Waals surface area contributed by atoms with Crippen LogP contribution in [-0.2, 0) is 4.79 Å². The lowest BCUT2D eigenvalue weighted by molar-refractivity contribution is -0.139. The maximum atomic E-state index is 11.7. The third kappa shape index (κ3) is 6.78. The summed E-state index contributed by atoms with van der Waals surface area (Å²) in [5.41, 5.74) is 0.